The van der Waals surface area contributed by atoms with Crippen molar-refractivity contribution in [2.75, 3.05) is 0 Å². The summed E-state index contributed by atoms with van der Waals surface area (Å²) in [5.74, 6) is 4.59. The van der Waals surface area contributed by atoms with Crippen LogP contribution in [-0.4, -0.2) is 17.2 Å². The standard InChI is InChI=1S/C31H46O3/c1-21(9-14-29(33)34-20-22-7-5-4-6-8-22)26-12-13-27-25-11-10-23-19-24(32)15-17-30(23,2)28(25)16-18-31(26,27)3/h4-8,21,23-28,32H,9-20H2,1-3H3/t21-,23?,24-,25+,26-,27+,28+,30+,31-/m1/s1. The smallest absolute Gasteiger partial charge is 0.306 e. The number of benzene rings is 1. The van der Waals surface area contributed by atoms with Crippen molar-refractivity contribution in [3.05, 3.63) is 35.9 Å². The van der Waals surface area contributed by atoms with Crippen molar-refractivity contribution in [3.8, 4) is 0 Å². The fourth-order valence-corrected chi connectivity index (χ4v) is 9.57. The number of ether oxygens (including phenoxy) is 1. The fraction of sp³-hybridized carbons (Fsp3) is 0.774. The summed E-state index contributed by atoms with van der Waals surface area (Å²) >= 11 is 0. The van der Waals surface area contributed by atoms with Gasteiger partial charge in [-0.05, 0) is 116 Å². The Kier molecular flexibility index (Phi) is 6.88. The third-order valence-electron chi connectivity index (χ3n) is 11.4. The lowest BCUT2D eigenvalue weighted by atomic mass is 9.44. The summed E-state index contributed by atoms with van der Waals surface area (Å²) in [5, 5.41) is 10.3. The molecule has 3 heteroatoms. The van der Waals surface area contributed by atoms with E-state index in [-0.39, 0.29) is 12.1 Å². The Morgan fingerprint density at radius 2 is 1.74 bits per heavy atom. The SMILES string of the molecule is C[C@H](CCC(=O)OCc1ccccc1)[C@H]1CC[C@H]2[C@@H]3CCC4C[C@H](O)CC[C@]4(C)[C@H]3CC[C@]12C. The number of carbonyl (C=O) groups is 1. The Hall–Kier alpha value is -1.35. The molecular formula is C31H46O3. The zero-order valence-corrected chi connectivity index (χ0v) is 21.7. The zero-order valence-electron chi connectivity index (χ0n) is 21.7. The van der Waals surface area contributed by atoms with Crippen LogP contribution in [0.2, 0.25) is 0 Å². The Bertz CT molecular complexity index is 851. The molecule has 0 amide bonds. The molecule has 3 nitrogen and oxygen atoms in total. The van der Waals surface area contributed by atoms with Gasteiger partial charge in [0.1, 0.15) is 6.61 Å². The van der Waals surface area contributed by atoms with Crippen LogP contribution in [0.15, 0.2) is 30.3 Å². The number of hydrogen-bond donors (Lipinski definition) is 1. The van der Waals surface area contributed by atoms with Gasteiger partial charge in [-0.15, -0.1) is 0 Å². The highest BCUT2D eigenvalue weighted by Gasteiger charge is 2.60. The maximum atomic E-state index is 12.4. The number of aliphatic hydroxyl groups is 1. The van der Waals surface area contributed by atoms with E-state index in [9.17, 15) is 9.90 Å². The molecule has 4 fully saturated rings. The zero-order chi connectivity index (χ0) is 23.9. The van der Waals surface area contributed by atoms with E-state index in [0.717, 1.165) is 54.4 Å². The Morgan fingerprint density at radius 1 is 1.00 bits per heavy atom. The molecule has 1 unspecified atom stereocenters. The first kappa shape index (κ1) is 24.3. The minimum atomic E-state index is -0.0559. The molecule has 0 aliphatic heterocycles. The van der Waals surface area contributed by atoms with Crippen LogP contribution in [0.3, 0.4) is 0 Å². The van der Waals surface area contributed by atoms with Crippen molar-refractivity contribution in [2.24, 2.45) is 46.3 Å². The molecule has 4 aliphatic carbocycles. The molecule has 4 aliphatic rings. The van der Waals surface area contributed by atoms with E-state index in [2.05, 4.69) is 20.8 Å². The van der Waals surface area contributed by atoms with Gasteiger partial charge in [-0.3, -0.25) is 4.79 Å². The van der Waals surface area contributed by atoms with E-state index >= 15 is 0 Å². The van der Waals surface area contributed by atoms with Crippen LogP contribution in [0.1, 0.15) is 97.0 Å². The van der Waals surface area contributed by atoms with E-state index in [1.165, 1.54) is 44.9 Å². The predicted octanol–water partition coefficient (Wildman–Crippen LogP) is 7.17. The second kappa shape index (κ2) is 9.60. The van der Waals surface area contributed by atoms with Gasteiger partial charge in [0.15, 0.2) is 0 Å². The van der Waals surface area contributed by atoms with E-state index in [0.29, 0.717) is 29.8 Å². The van der Waals surface area contributed by atoms with Gasteiger partial charge in [0.25, 0.3) is 0 Å². The Balaban J connectivity index is 1.18. The monoisotopic (exact) mass is 466 g/mol. The molecule has 5 rings (SSSR count). The molecule has 0 radical (unpaired) electrons. The summed E-state index contributed by atoms with van der Waals surface area (Å²) in [6, 6.07) is 9.98. The van der Waals surface area contributed by atoms with Crippen LogP contribution < -0.4 is 0 Å². The second-order valence-corrected chi connectivity index (χ2v) is 13.0. The van der Waals surface area contributed by atoms with Gasteiger partial charge in [-0.2, -0.15) is 0 Å². The molecule has 0 saturated heterocycles. The molecule has 0 heterocycles. The third kappa shape index (κ3) is 4.36. The lowest BCUT2D eigenvalue weighted by molar-refractivity contribution is -0.145. The summed E-state index contributed by atoms with van der Waals surface area (Å²) in [4.78, 5) is 12.4. The van der Waals surface area contributed by atoms with Crippen molar-refractivity contribution < 1.29 is 14.6 Å². The largest absolute Gasteiger partial charge is 0.461 e. The van der Waals surface area contributed by atoms with Crippen LogP contribution in [-0.2, 0) is 16.1 Å². The predicted molar refractivity (Wildman–Crippen MR) is 136 cm³/mol. The number of rotatable bonds is 6. The number of fused-ring (bicyclic) bond motifs is 5. The van der Waals surface area contributed by atoms with Gasteiger partial charge in [0, 0.05) is 6.42 Å². The fourth-order valence-electron chi connectivity index (χ4n) is 9.57. The van der Waals surface area contributed by atoms with Crippen molar-refractivity contribution in [1.29, 1.82) is 0 Å². The molecular weight excluding hydrogens is 420 g/mol. The summed E-state index contributed by atoms with van der Waals surface area (Å²) in [6.45, 7) is 7.97. The lowest BCUT2D eigenvalue weighted by Crippen LogP contribution is -2.54. The van der Waals surface area contributed by atoms with Gasteiger partial charge >= 0.3 is 5.97 Å². The quantitative estimate of drug-likeness (QED) is 0.452. The first-order valence-corrected chi connectivity index (χ1v) is 14.2. The summed E-state index contributed by atoms with van der Waals surface area (Å²) < 4.78 is 5.56. The minimum absolute atomic E-state index is 0.0511. The maximum absolute atomic E-state index is 12.4. The van der Waals surface area contributed by atoms with E-state index in [4.69, 9.17) is 4.74 Å². The highest BCUT2D eigenvalue weighted by molar-refractivity contribution is 5.69. The summed E-state index contributed by atoms with van der Waals surface area (Å²) in [6.07, 6.45) is 12.9. The normalized spacial score (nSPS) is 42.2. The molecule has 1 N–H and O–H groups in total. The van der Waals surface area contributed by atoms with Crippen LogP contribution in [0.25, 0.3) is 0 Å². The van der Waals surface area contributed by atoms with Crippen LogP contribution in [0.5, 0.6) is 0 Å². The molecule has 1 aromatic rings. The molecule has 0 spiro atoms. The van der Waals surface area contributed by atoms with Gasteiger partial charge in [0.05, 0.1) is 6.10 Å². The van der Waals surface area contributed by atoms with E-state index < -0.39 is 0 Å². The highest BCUT2D eigenvalue weighted by Crippen LogP contribution is 2.68. The van der Waals surface area contributed by atoms with E-state index in [1.807, 2.05) is 30.3 Å². The Morgan fingerprint density at radius 3 is 2.53 bits per heavy atom. The lowest BCUT2D eigenvalue weighted by Gasteiger charge is -2.61. The van der Waals surface area contributed by atoms with Crippen molar-refractivity contribution in [3.63, 3.8) is 0 Å². The summed E-state index contributed by atoms with van der Waals surface area (Å²) in [7, 11) is 0. The average Bonchev–Trinajstić information content (AvgIpc) is 3.19. The highest BCUT2D eigenvalue weighted by atomic mass is 16.5. The number of hydrogen-bond acceptors (Lipinski definition) is 3. The Labute approximate surface area is 207 Å². The molecule has 1 aromatic carbocycles. The van der Waals surface area contributed by atoms with Crippen molar-refractivity contribution in [1.82, 2.24) is 0 Å². The second-order valence-electron chi connectivity index (χ2n) is 13.0. The maximum Gasteiger partial charge on any atom is 0.306 e. The average molecular weight is 467 g/mol. The van der Waals surface area contributed by atoms with Crippen molar-refractivity contribution in [2.45, 2.75) is 104 Å². The van der Waals surface area contributed by atoms with Crippen LogP contribution >= 0.6 is 0 Å². The number of aliphatic hydroxyl groups excluding tert-OH is 1. The molecule has 4 saturated carbocycles. The van der Waals surface area contributed by atoms with Crippen molar-refractivity contribution >= 4 is 5.97 Å². The van der Waals surface area contributed by atoms with Gasteiger partial charge in [0.2, 0.25) is 0 Å². The van der Waals surface area contributed by atoms with Gasteiger partial charge in [-0.1, -0.05) is 51.1 Å². The molecule has 34 heavy (non-hydrogen) atoms. The van der Waals surface area contributed by atoms with Crippen LogP contribution in [0, 0.1) is 46.3 Å². The molecule has 9 atom stereocenters. The van der Waals surface area contributed by atoms with Gasteiger partial charge < -0.3 is 9.84 Å². The topological polar surface area (TPSA) is 46.5 Å². The van der Waals surface area contributed by atoms with Gasteiger partial charge in [-0.25, -0.2) is 0 Å². The molecule has 0 aromatic heterocycles. The summed E-state index contributed by atoms with van der Waals surface area (Å²) in [5.41, 5.74) is 1.95. The first-order chi connectivity index (χ1) is 16.3. The number of esters is 1. The first-order valence-electron chi connectivity index (χ1n) is 14.2. The third-order valence-corrected chi connectivity index (χ3v) is 11.4. The molecule has 188 valence electrons. The number of carbonyl (C=O) groups excluding carboxylic acids is 1. The minimum Gasteiger partial charge on any atom is -0.461 e. The van der Waals surface area contributed by atoms with Crippen LogP contribution in [0.4, 0.5) is 0 Å². The van der Waals surface area contributed by atoms with E-state index in [1.54, 1.807) is 0 Å². The molecule has 0 bridgehead atoms.